The average Bonchev–Trinajstić information content (AvgIpc) is 2.26. The van der Waals surface area contributed by atoms with Gasteiger partial charge in [-0.15, -0.1) is 0 Å². The van der Waals surface area contributed by atoms with Crippen LogP contribution >= 0.6 is 0 Å². The highest BCUT2D eigenvalue weighted by Gasteiger charge is 1.80. The fourth-order valence-corrected chi connectivity index (χ4v) is 1.26. The van der Waals surface area contributed by atoms with Crippen molar-refractivity contribution in [2.75, 3.05) is 6.61 Å². The summed E-state index contributed by atoms with van der Waals surface area (Å²) in [5.41, 5.74) is 0. The summed E-state index contributed by atoms with van der Waals surface area (Å²) in [6, 6.07) is 0. The smallest absolute Gasteiger partial charge is 0.0612 e. The van der Waals surface area contributed by atoms with Crippen molar-refractivity contribution < 1.29 is 5.11 Å². The van der Waals surface area contributed by atoms with E-state index in [1.54, 1.807) is 6.08 Å². The van der Waals surface area contributed by atoms with Crippen molar-refractivity contribution in [1.29, 1.82) is 0 Å². The zero-order chi connectivity index (χ0) is 11.2. The molecular formula is C14H24O. The van der Waals surface area contributed by atoms with Gasteiger partial charge in [0.15, 0.2) is 0 Å². The average molecular weight is 208 g/mol. The third-order valence-corrected chi connectivity index (χ3v) is 2.08. The van der Waals surface area contributed by atoms with Crippen LogP contribution in [-0.2, 0) is 0 Å². The Balaban J connectivity index is 3.17. The molecule has 0 saturated heterocycles. The molecule has 0 aromatic rings. The van der Waals surface area contributed by atoms with Crippen molar-refractivity contribution in [3.05, 3.63) is 36.5 Å². The Labute approximate surface area is 94.2 Å². The molecule has 0 unspecified atom stereocenters. The van der Waals surface area contributed by atoms with Gasteiger partial charge in [0.05, 0.1) is 6.61 Å². The Morgan fingerprint density at radius 3 is 1.87 bits per heavy atom. The van der Waals surface area contributed by atoms with E-state index in [1.807, 2.05) is 6.08 Å². The van der Waals surface area contributed by atoms with Gasteiger partial charge in [0.25, 0.3) is 0 Å². The van der Waals surface area contributed by atoms with Crippen molar-refractivity contribution in [1.82, 2.24) is 0 Å². The quantitative estimate of drug-likeness (QED) is 0.448. The molecule has 0 aromatic heterocycles. The van der Waals surface area contributed by atoms with Gasteiger partial charge in [-0.2, -0.15) is 0 Å². The lowest BCUT2D eigenvalue weighted by Gasteiger charge is -1.90. The third kappa shape index (κ3) is 13.2. The number of allylic oxidation sites excluding steroid dienone is 5. The zero-order valence-electron chi connectivity index (χ0n) is 9.86. The number of rotatable bonds is 9. The van der Waals surface area contributed by atoms with Crippen LogP contribution in [-0.4, -0.2) is 11.7 Å². The van der Waals surface area contributed by atoms with Crippen molar-refractivity contribution >= 4 is 0 Å². The lowest BCUT2D eigenvalue weighted by Crippen LogP contribution is -1.73. The van der Waals surface area contributed by atoms with E-state index in [1.165, 1.54) is 6.42 Å². The molecule has 0 amide bonds. The van der Waals surface area contributed by atoms with Crippen molar-refractivity contribution in [2.45, 2.75) is 45.4 Å². The second kappa shape index (κ2) is 13.2. The normalized spacial score (nSPS) is 12.4. The first-order valence-corrected chi connectivity index (χ1v) is 5.97. The summed E-state index contributed by atoms with van der Waals surface area (Å²) >= 11 is 0. The second-order valence-electron chi connectivity index (χ2n) is 3.51. The molecule has 1 heteroatoms. The van der Waals surface area contributed by atoms with Gasteiger partial charge >= 0.3 is 0 Å². The van der Waals surface area contributed by atoms with Gasteiger partial charge in [0, 0.05) is 0 Å². The fourth-order valence-electron chi connectivity index (χ4n) is 1.26. The number of aliphatic hydroxyl groups is 1. The molecule has 0 atom stereocenters. The molecule has 0 aromatic carbocycles. The van der Waals surface area contributed by atoms with Gasteiger partial charge in [0.2, 0.25) is 0 Å². The molecule has 0 saturated carbocycles. The Morgan fingerprint density at radius 1 is 0.733 bits per heavy atom. The molecule has 0 aliphatic heterocycles. The first-order valence-electron chi connectivity index (χ1n) is 5.97. The first kappa shape index (κ1) is 14.2. The lowest BCUT2D eigenvalue weighted by atomic mass is 10.2. The zero-order valence-corrected chi connectivity index (χ0v) is 9.86. The Hall–Kier alpha value is -0.820. The molecule has 1 nitrogen and oxygen atoms in total. The summed E-state index contributed by atoms with van der Waals surface area (Å²) in [5, 5.41) is 8.50. The minimum Gasteiger partial charge on any atom is -0.392 e. The van der Waals surface area contributed by atoms with E-state index < -0.39 is 0 Å². The Kier molecular flexibility index (Phi) is 12.5. The molecule has 86 valence electrons. The van der Waals surface area contributed by atoms with Crippen LogP contribution in [0.5, 0.6) is 0 Å². The first-order chi connectivity index (χ1) is 7.41. The topological polar surface area (TPSA) is 20.2 Å². The summed E-state index contributed by atoms with van der Waals surface area (Å²) in [5.74, 6) is 0. The van der Waals surface area contributed by atoms with Gasteiger partial charge in [-0.25, -0.2) is 0 Å². The molecule has 0 aliphatic rings. The molecule has 0 rings (SSSR count). The Bertz CT molecular complexity index is 190. The van der Waals surface area contributed by atoms with Crippen LogP contribution in [0.2, 0.25) is 0 Å². The van der Waals surface area contributed by atoms with Crippen molar-refractivity contribution in [3.63, 3.8) is 0 Å². The number of unbranched alkanes of at least 4 members (excludes halogenated alkanes) is 3. The highest BCUT2D eigenvalue weighted by Crippen LogP contribution is 2.00. The highest BCUT2D eigenvalue weighted by atomic mass is 16.2. The largest absolute Gasteiger partial charge is 0.392 e. The summed E-state index contributed by atoms with van der Waals surface area (Å²) in [4.78, 5) is 0. The van der Waals surface area contributed by atoms with Gasteiger partial charge < -0.3 is 5.11 Å². The number of hydrogen-bond acceptors (Lipinski definition) is 1. The maximum absolute atomic E-state index is 8.50. The van der Waals surface area contributed by atoms with E-state index in [0.29, 0.717) is 0 Å². The van der Waals surface area contributed by atoms with Crippen LogP contribution < -0.4 is 0 Å². The highest BCUT2D eigenvalue weighted by molar-refractivity contribution is 4.88. The van der Waals surface area contributed by atoms with Crippen LogP contribution in [0.1, 0.15) is 45.4 Å². The van der Waals surface area contributed by atoms with E-state index in [0.717, 1.165) is 32.1 Å². The molecular weight excluding hydrogens is 184 g/mol. The fraction of sp³-hybridized carbons (Fsp3) is 0.571. The van der Waals surface area contributed by atoms with E-state index in [-0.39, 0.29) is 6.61 Å². The van der Waals surface area contributed by atoms with Gasteiger partial charge in [-0.1, -0.05) is 43.4 Å². The molecule has 1 N–H and O–H groups in total. The van der Waals surface area contributed by atoms with E-state index >= 15 is 0 Å². The predicted molar refractivity (Wildman–Crippen MR) is 67.9 cm³/mol. The number of aliphatic hydroxyl groups excluding tert-OH is 1. The van der Waals surface area contributed by atoms with E-state index in [4.69, 9.17) is 5.11 Å². The molecule has 0 radical (unpaired) electrons. The third-order valence-electron chi connectivity index (χ3n) is 2.08. The SMILES string of the molecule is CC/C=C/CC/C=C/CCC/C=C/CO. The van der Waals surface area contributed by atoms with Gasteiger partial charge in [-0.3, -0.25) is 0 Å². The molecule has 0 heterocycles. The second-order valence-corrected chi connectivity index (χ2v) is 3.51. The monoisotopic (exact) mass is 208 g/mol. The standard InChI is InChI=1S/C14H24O/c1-2-3-4-5-6-7-8-9-10-11-12-13-14-15/h3-4,7-8,12-13,15H,2,5-6,9-11,14H2,1H3/b4-3+,8-7+,13-12+. The molecule has 15 heavy (non-hydrogen) atoms. The minimum absolute atomic E-state index is 0.166. The van der Waals surface area contributed by atoms with E-state index in [9.17, 15) is 0 Å². The molecule has 0 fully saturated rings. The van der Waals surface area contributed by atoms with Crippen molar-refractivity contribution in [3.8, 4) is 0 Å². The predicted octanol–water partition coefficient (Wildman–Crippen LogP) is 4.01. The number of hydrogen-bond donors (Lipinski definition) is 1. The van der Waals surface area contributed by atoms with Gasteiger partial charge in [0.1, 0.15) is 0 Å². The minimum atomic E-state index is 0.166. The van der Waals surface area contributed by atoms with E-state index in [2.05, 4.69) is 31.2 Å². The maximum atomic E-state index is 8.50. The summed E-state index contributed by atoms with van der Waals surface area (Å²) in [6.45, 7) is 2.33. The Morgan fingerprint density at radius 2 is 1.27 bits per heavy atom. The summed E-state index contributed by atoms with van der Waals surface area (Å²) < 4.78 is 0. The van der Waals surface area contributed by atoms with Crippen LogP contribution in [0.15, 0.2) is 36.5 Å². The van der Waals surface area contributed by atoms with Crippen LogP contribution in [0.4, 0.5) is 0 Å². The molecule has 0 spiro atoms. The summed E-state index contributed by atoms with van der Waals surface area (Å²) in [7, 11) is 0. The van der Waals surface area contributed by atoms with Crippen LogP contribution in [0.3, 0.4) is 0 Å². The van der Waals surface area contributed by atoms with Crippen LogP contribution in [0, 0.1) is 0 Å². The van der Waals surface area contributed by atoms with Crippen molar-refractivity contribution in [2.24, 2.45) is 0 Å². The van der Waals surface area contributed by atoms with Gasteiger partial charge in [-0.05, 0) is 38.5 Å². The lowest BCUT2D eigenvalue weighted by molar-refractivity contribution is 0.342. The van der Waals surface area contributed by atoms with Crippen LogP contribution in [0.25, 0.3) is 0 Å². The molecule has 0 bridgehead atoms. The maximum Gasteiger partial charge on any atom is 0.0612 e. The summed E-state index contributed by atoms with van der Waals surface area (Å²) in [6.07, 6.45) is 19.7. The molecule has 0 aliphatic carbocycles.